The van der Waals surface area contributed by atoms with Crippen LogP contribution in [0.5, 0.6) is 0 Å². The molecule has 2 rings (SSSR count). The van der Waals surface area contributed by atoms with E-state index in [0.29, 0.717) is 11.7 Å². The van der Waals surface area contributed by atoms with Crippen LogP contribution in [0.4, 0.5) is 0 Å². The Kier molecular flexibility index (Phi) is 3.45. The van der Waals surface area contributed by atoms with Gasteiger partial charge in [-0.2, -0.15) is 0 Å². The van der Waals surface area contributed by atoms with Gasteiger partial charge in [-0.25, -0.2) is 0 Å². The molecule has 0 aromatic heterocycles. The maximum atomic E-state index is 6.22. The zero-order chi connectivity index (χ0) is 9.86. The molecule has 2 aliphatic rings. The monoisotopic (exact) mass is 197 g/mol. The fraction of sp³-hybridized carbons (Fsp3) is 1.00. The Hall–Kier alpha value is -0.0800. The van der Waals surface area contributed by atoms with Crippen molar-refractivity contribution < 1.29 is 4.74 Å². The molecule has 1 unspecified atom stereocenters. The Morgan fingerprint density at radius 2 is 2.07 bits per heavy atom. The van der Waals surface area contributed by atoms with Crippen molar-refractivity contribution in [1.82, 2.24) is 5.32 Å². The van der Waals surface area contributed by atoms with Gasteiger partial charge in [0, 0.05) is 0 Å². The van der Waals surface area contributed by atoms with Crippen LogP contribution in [0.3, 0.4) is 0 Å². The largest absolute Gasteiger partial charge is 0.372 e. The molecule has 1 saturated heterocycles. The second-order valence-electron chi connectivity index (χ2n) is 4.81. The van der Waals surface area contributed by atoms with Crippen molar-refractivity contribution in [2.24, 2.45) is 0 Å². The smallest absolute Gasteiger partial charge is 0.0687 e. The molecule has 1 aliphatic carbocycles. The minimum atomic E-state index is 0.330. The molecule has 1 saturated carbocycles. The van der Waals surface area contributed by atoms with Crippen LogP contribution in [-0.2, 0) is 4.74 Å². The lowest BCUT2D eigenvalue weighted by molar-refractivity contribution is -0.0384. The maximum absolute atomic E-state index is 6.22. The summed E-state index contributed by atoms with van der Waals surface area (Å²) in [7, 11) is 0. The Balaban J connectivity index is 1.71. The average Bonchev–Trinajstić information content (AvgIpc) is 2.79. The van der Waals surface area contributed by atoms with E-state index in [-0.39, 0.29) is 0 Å². The highest BCUT2D eigenvalue weighted by atomic mass is 16.5. The number of hydrogen-bond donors (Lipinski definition) is 1. The summed E-state index contributed by atoms with van der Waals surface area (Å²) in [5, 5.41) is 3.37. The quantitative estimate of drug-likeness (QED) is 0.699. The summed E-state index contributed by atoms with van der Waals surface area (Å²) in [6, 6.07) is 0. The second-order valence-corrected chi connectivity index (χ2v) is 4.81. The van der Waals surface area contributed by atoms with Crippen LogP contribution in [0, 0.1) is 0 Å². The van der Waals surface area contributed by atoms with Gasteiger partial charge in [0.25, 0.3) is 0 Å². The zero-order valence-corrected chi connectivity index (χ0v) is 9.35. The summed E-state index contributed by atoms with van der Waals surface area (Å²) in [6.45, 7) is 4.36. The molecular formula is C12H23NO. The SMILES string of the molecule is CCNCCC1CCC2(CCCC2)O1. The molecule has 82 valence electrons. The number of ether oxygens (including phenoxy) is 1. The number of nitrogens with one attached hydrogen (secondary N) is 1. The zero-order valence-electron chi connectivity index (χ0n) is 9.35. The van der Waals surface area contributed by atoms with E-state index < -0.39 is 0 Å². The van der Waals surface area contributed by atoms with Crippen LogP contribution in [0.1, 0.15) is 51.9 Å². The molecular weight excluding hydrogens is 174 g/mol. The van der Waals surface area contributed by atoms with Gasteiger partial charge in [0.05, 0.1) is 11.7 Å². The van der Waals surface area contributed by atoms with Crippen molar-refractivity contribution in [1.29, 1.82) is 0 Å². The standard InChI is InChI=1S/C12H23NO/c1-2-13-10-6-11-5-9-12(14-11)7-3-4-8-12/h11,13H,2-10H2,1H3. The average molecular weight is 197 g/mol. The van der Waals surface area contributed by atoms with Gasteiger partial charge in [-0.05, 0) is 45.2 Å². The Labute approximate surface area is 87.4 Å². The lowest BCUT2D eigenvalue weighted by Gasteiger charge is -2.23. The van der Waals surface area contributed by atoms with E-state index in [1.54, 1.807) is 0 Å². The first-order valence-corrected chi connectivity index (χ1v) is 6.23. The minimum absolute atomic E-state index is 0.330. The summed E-state index contributed by atoms with van der Waals surface area (Å²) in [6.07, 6.45) is 9.80. The van der Waals surface area contributed by atoms with Crippen LogP contribution in [0.15, 0.2) is 0 Å². The predicted octanol–water partition coefficient (Wildman–Crippen LogP) is 2.48. The predicted molar refractivity (Wildman–Crippen MR) is 58.5 cm³/mol. The summed E-state index contributed by atoms with van der Waals surface area (Å²) in [4.78, 5) is 0. The molecule has 1 spiro atoms. The van der Waals surface area contributed by atoms with Crippen LogP contribution in [0.2, 0.25) is 0 Å². The van der Waals surface area contributed by atoms with Gasteiger partial charge >= 0.3 is 0 Å². The molecule has 2 nitrogen and oxygen atoms in total. The van der Waals surface area contributed by atoms with Crippen molar-refractivity contribution in [3.05, 3.63) is 0 Å². The molecule has 0 aromatic carbocycles. The van der Waals surface area contributed by atoms with Crippen LogP contribution >= 0.6 is 0 Å². The van der Waals surface area contributed by atoms with Crippen LogP contribution in [-0.4, -0.2) is 24.8 Å². The highest BCUT2D eigenvalue weighted by Gasteiger charge is 2.41. The van der Waals surface area contributed by atoms with Gasteiger partial charge in [0.2, 0.25) is 0 Å². The third kappa shape index (κ3) is 2.29. The topological polar surface area (TPSA) is 21.3 Å². The Morgan fingerprint density at radius 3 is 2.79 bits per heavy atom. The van der Waals surface area contributed by atoms with Crippen molar-refractivity contribution in [2.45, 2.75) is 63.6 Å². The van der Waals surface area contributed by atoms with Crippen molar-refractivity contribution in [2.75, 3.05) is 13.1 Å². The molecule has 2 heteroatoms. The third-order valence-electron chi connectivity index (χ3n) is 3.75. The summed E-state index contributed by atoms with van der Waals surface area (Å²) in [5.41, 5.74) is 0.330. The molecule has 1 heterocycles. The first kappa shape index (κ1) is 10.4. The normalized spacial score (nSPS) is 30.2. The second kappa shape index (κ2) is 4.63. The van der Waals surface area contributed by atoms with Crippen LogP contribution < -0.4 is 5.32 Å². The molecule has 1 aliphatic heterocycles. The van der Waals surface area contributed by atoms with Gasteiger partial charge in [0.15, 0.2) is 0 Å². The molecule has 2 fully saturated rings. The van der Waals surface area contributed by atoms with Gasteiger partial charge in [-0.3, -0.25) is 0 Å². The first-order valence-electron chi connectivity index (χ1n) is 6.23. The summed E-state index contributed by atoms with van der Waals surface area (Å²) in [5.74, 6) is 0. The van der Waals surface area contributed by atoms with Gasteiger partial charge in [-0.1, -0.05) is 19.8 Å². The molecule has 0 amide bonds. The van der Waals surface area contributed by atoms with E-state index in [1.807, 2.05) is 0 Å². The number of rotatable bonds is 4. The highest BCUT2D eigenvalue weighted by Crippen LogP contribution is 2.43. The van der Waals surface area contributed by atoms with E-state index in [1.165, 1.54) is 44.9 Å². The van der Waals surface area contributed by atoms with E-state index in [4.69, 9.17) is 4.74 Å². The maximum Gasteiger partial charge on any atom is 0.0687 e. The third-order valence-corrected chi connectivity index (χ3v) is 3.75. The van der Waals surface area contributed by atoms with Crippen molar-refractivity contribution in [3.63, 3.8) is 0 Å². The fourth-order valence-corrected chi connectivity index (χ4v) is 2.93. The minimum Gasteiger partial charge on any atom is -0.372 e. The van der Waals surface area contributed by atoms with Crippen LogP contribution in [0.25, 0.3) is 0 Å². The molecule has 1 N–H and O–H groups in total. The van der Waals surface area contributed by atoms with E-state index in [0.717, 1.165) is 13.1 Å². The van der Waals surface area contributed by atoms with E-state index in [2.05, 4.69) is 12.2 Å². The van der Waals surface area contributed by atoms with Gasteiger partial charge in [-0.15, -0.1) is 0 Å². The summed E-state index contributed by atoms with van der Waals surface area (Å²) < 4.78 is 6.22. The van der Waals surface area contributed by atoms with Gasteiger partial charge in [0.1, 0.15) is 0 Å². The highest BCUT2D eigenvalue weighted by molar-refractivity contribution is 4.92. The lowest BCUT2D eigenvalue weighted by atomic mass is 9.98. The van der Waals surface area contributed by atoms with Crippen molar-refractivity contribution in [3.8, 4) is 0 Å². The lowest BCUT2D eigenvalue weighted by Crippen LogP contribution is -2.26. The van der Waals surface area contributed by atoms with Gasteiger partial charge < -0.3 is 10.1 Å². The molecule has 0 aromatic rings. The first-order chi connectivity index (χ1) is 6.85. The fourth-order valence-electron chi connectivity index (χ4n) is 2.93. The summed E-state index contributed by atoms with van der Waals surface area (Å²) >= 11 is 0. The Morgan fingerprint density at radius 1 is 1.29 bits per heavy atom. The molecule has 0 bridgehead atoms. The molecule has 14 heavy (non-hydrogen) atoms. The van der Waals surface area contributed by atoms with Crippen molar-refractivity contribution >= 4 is 0 Å². The molecule has 1 atom stereocenters. The van der Waals surface area contributed by atoms with E-state index in [9.17, 15) is 0 Å². The molecule has 0 radical (unpaired) electrons. The number of hydrogen-bond acceptors (Lipinski definition) is 2. The van der Waals surface area contributed by atoms with E-state index >= 15 is 0 Å². The Bertz CT molecular complexity index is 175.